The first kappa shape index (κ1) is 9.56. The second-order valence-corrected chi connectivity index (χ2v) is 2.27. The minimum Gasteiger partial charge on any atom is -0.399 e. The van der Waals surface area contributed by atoms with Crippen LogP contribution in [0.4, 0.5) is 0 Å². The summed E-state index contributed by atoms with van der Waals surface area (Å²) < 4.78 is 0. The molecule has 0 spiro atoms. The van der Waals surface area contributed by atoms with Gasteiger partial charge in [0.1, 0.15) is 19.7 Å². The lowest BCUT2D eigenvalue weighted by Gasteiger charge is -2.14. The van der Waals surface area contributed by atoms with Crippen molar-refractivity contribution < 1.29 is 15.1 Å². The molecule has 0 aliphatic heterocycles. The maximum Gasteiger partial charge on any atom is 0.234 e. The van der Waals surface area contributed by atoms with E-state index in [2.05, 4.69) is 20.0 Å². The average Bonchev–Trinajstić information content (AvgIpc) is 2.16. The van der Waals surface area contributed by atoms with Gasteiger partial charge in [-0.2, -0.15) is 0 Å². The van der Waals surface area contributed by atoms with Crippen molar-refractivity contribution in [1.82, 2.24) is 9.97 Å². The second-order valence-electron chi connectivity index (χ2n) is 2.27. The van der Waals surface area contributed by atoms with Crippen LogP contribution >= 0.6 is 0 Å². The topological polar surface area (TPSA) is 87.8 Å². The van der Waals surface area contributed by atoms with Crippen LogP contribution in [0.2, 0.25) is 0 Å². The minimum atomic E-state index is -2.20. The van der Waals surface area contributed by atoms with E-state index in [4.69, 9.17) is 0 Å². The van der Waals surface area contributed by atoms with Gasteiger partial charge in [0.05, 0.1) is 5.56 Å². The molecule has 0 aliphatic carbocycles. The van der Waals surface area contributed by atoms with E-state index in [1.54, 1.807) is 0 Å². The summed E-state index contributed by atoms with van der Waals surface area (Å²) >= 11 is 0. The molecule has 0 fully saturated rings. The Morgan fingerprint density at radius 3 is 2.62 bits per heavy atom. The molecule has 0 amide bonds. The lowest BCUT2D eigenvalue weighted by Crippen LogP contribution is -2.27. The molecule has 6 heteroatoms. The predicted octanol–water partition coefficient (Wildman–Crippen LogP) is -0.754. The van der Waals surface area contributed by atoms with E-state index in [0.717, 1.165) is 6.21 Å². The van der Waals surface area contributed by atoms with Crippen molar-refractivity contribution in [1.29, 1.82) is 0 Å². The molecule has 0 saturated carbocycles. The molecule has 0 saturated heterocycles. The summed E-state index contributed by atoms with van der Waals surface area (Å²) in [6.45, 7) is 0. The van der Waals surface area contributed by atoms with Crippen LogP contribution in [-0.2, 0) is 10.6 Å². The Labute approximate surface area is 74.5 Å². The fraction of sp³-hybridized carbons (Fsp3) is 0.286. The highest BCUT2D eigenvalue weighted by Gasteiger charge is 2.24. The average molecular weight is 183 g/mol. The quantitative estimate of drug-likeness (QED) is 0.365. The highest BCUT2D eigenvalue weighted by molar-refractivity contribution is 5.67. The van der Waals surface area contributed by atoms with E-state index >= 15 is 0 Å². The Hall–Kier alpha value is -1.53. The Balaban J connectivity index is 2.87. The summed E-state index contributed by atoms with van der Waals surface area (Å²) in [7, 11) is 1.30. The number of oxime groups is 1. The smallest absolute Gasteiger partial charge is 0.234 e. The fourth-order valence-electron chi connectivity index (χ4n) is 0.690. The van der Waals surface area contributed by atoms with Crippen LogP contribution in [0.25, 0.3) is 0 Å². The zero-order valence-corrected chi connectivity index (χ0v) is 6.95. The summed E-state index contributed by atoms with van der Waals surface area (Å²) in [6, 6.07) is 0. The van der Waals surface area contributed by atoms with E-state index in [1.807, 2.05) is 0 Å². The van der Waals surface area contributed by atoms with Crippen LogP contribution in [0.5, 0.6) is 0 Å². The molecule has 0 aliphatic rings. The molecule has 0 atom stereocenters. The van der Waals surface area contributed by atoms with Gasteiger partial charge in [-0.15, -0.1) is 0 Å². The van der Waals surface area contributed by atoms with E-state index in [1.165, 1.54) is 25.8 Å². The molecule has 0 unspecified atom stereocenters. The Morgan fingerprint density at radius 2 is 2.08 bits per heavy atom. The lowest BCUT2D eigenvalue weighted by molar-refractivity contribution is -0.103. The molecule has 1 aromatic rings. The van der Waals surface area contributed by atoms with Gasteiger partial charge >= 0.3 is 0 Å². The molecule has 13 heavy (non-hydrogen) atoms. The van der Waals surface area contributed by atoms with Gasteiger partial charge in [-0.25, -0.2) is 9.97 Å². The van der Waals surface area contributed by atoms with Gasteiger partial charge in [-0.1, -0.05) is 5.16 Å². The SMILES string of the molecule is CON=CC(O)(O)c1cncnc1. The molecule has 0 radical (unpaired) electrons. The first-order valence-corrected chi connectivity index (χ1v) is 3.45. The molecule has 0 bridgehead atoms. The number of aliphatic hydroxyl groups is 2. The van der Waals surface area contributed by atoms with Crippen molar-refractivity contribution in [2.75, 3.05) is 7.11 Å². The number of hydrogen-bond acceptors (Lipinski definition) is 6. The number of aromatic nitrogens is 2. The summed E-state index contributed by atoms with van der Waals surface area (Å²) in [5.41, 5.74) is 0.121. The summed E-state index contributed by atoms with van der Waals surface area (Å²) in [5.74, 6) is -2.20. The molecule has 1 rings (SSSR count). The molecule has 6 nitrogen and oxygen atoms in total. The van der Waals surface area contributed by atoms with Crippen molar-refractivity contribution in [3.05, 3.63) is 24.3 Å². The van der Waals surface area contributed by atoms with Gasteiger partial charge in [0.2, 0.25) is 5.79 Å². The van der Waals surface area contributed by atoms with Crippen LogP contribution < -0.4 is 0 Å². The Bertz CT molecular complexity index is 286. The van der Waals surface area contributed by atoms with Gasteiger partial charge in [0, 0.05) is 12.4 Å². The standard InChI is InChI=1S/C7H9N3O3/c1-13-10-4-7(11,12)6-2-8-5-9-3-6/h2-5,11-12H,1H3. The zero-order chi connectivity index (χ0) is 9.73. The second kappa shape index (κ2) is 3.92. The normalized spacial score (nSPS) is 11.9. The van der Waals surface area contributed by atoms with Crippen LogP contribution in [-0.4, -0.2) is 33.5 Å². The van der Waals surface area contributed by atoms with Crippen molar-refractivity contribution in [2.24, 2.45) is 5.16 Å². The predicted molar refractivity (Wildman–Crippen MR) is 43.6 cm³/mol. The Kier molecular flexibility index (Phi) is 2.88. The van der Waals surface area contributed by atoms with Crippen molar-refractivity contribution in [3.63, 3.8) is 0 Å². The minimum absolute atomic E-state index is 0.121. The van der Waals surface area contributed by atoms with Crippen LogP contribution in [0, 0.1) is 0 Å². The molecular weight excluding hydrogens is 174 g/mol. The van der Waals surface area contributed by atoms with E-state index in [-0.39, 0.29) is 5.56 Å². The zero-order valence-electron chi connectivity index (χ0n) is 6.95. The highest BCUT2D eigenvalue weighted by atomic mass is 16.6. The molecule has 0 aromatic carbocycles. The van der Waals surface area contributed by atoms with E-state index in [9.17, 15) is 10.2 Å². The third kappa shape index (κ3) is 2.46. The molecule has 1 heterocycles. The molecule has 2 N–H and O–H groups in total. The van der Waals surface area contributed by atoms with Gasteiger partial charge in [-0.05, 0) is 0 Å². The maximum absolute atomic E-state index is 9.36. The first-order valence-electron chi connectivity index (χ1n) is 3.45. The summed E-state index contributed by atoms with van der Waals surface area (Å²) in [5, 5.41) is 22.0. The fourth-order valence-corrected chi connectivity index (χ4v) is 0.690. The number of rotatable bonds is 3. The van der Waals surface area contributed by atoms with E-state index < -0.39 is 5.79 Å². The Morgan fingerprint density at radius 1 is 1.46 bits per heavy atom. The molecular formula is C7H9N3O3. The summed E-state index contributed by atoms with van der Waals surface area (Å²) in [6.07, 6.45) is 4.67. The number of hydrogen-bond donors (Lipinski definition) is 2. The van der Waals surface area contributed by atoms with Crippen molar-refractivity contribution in [2.45, 2.75) is 5.79 Å². The van der Waals surface area contributed by atoms with Crippen LogP contribution in [0.15, 0.2) is 23.9 Å². The van der Waals surface area contributed by atoms with Gasteiger partial charge in [-0.3, -0.25) is 0 Å². The van der Waals surface area contributed by atoms with Crippen LogP contribution in [0.1, 0.15) is 5.56 Å². The third-order valence-electron chi connectivity index (χ3n) is 1.32. The molecule has 1 aromatic heterocycles. The molecule has 70 valence electrons. The van der Waals surface area contributed by atoms with Gasteiger partial charge in [0.25, 0.3) is 0 Å². The largest absolute Gasteiger partial charge is 0.399 e. The van der Waals surface area contributed by atoms with Crippen molar-refractivity contribution >= 4 is 6.21 Å². The van der Waals surface area contributed by atoms with Gasteiger partial charge in [0.15, 0.2) is 0 Å². The van der Waals surface area contributed by atoms with Crippen LogP contribution in [0.3, 0.4) is 0 Å². The monoisotopic (exact) mass is 183 g/mol. The van der Waals surface area contributed by atoms with E-state index in [0.29, 0.717) is 0 Å². The first-order chi connectivity index (χ1) is 6.17. The maximum atomic E-state index is 9.36. The summed E-state index contributed by atoms with van der Waals surface area (Å²) in [4.78, 5) is 11.6. The third-order valence-corrected chi connectivity index (χ3v) is 1.32. The lowest BCUT2D eigenvalue weighted by atomic mass is 10.1. The van der Waals surface area contributed by atoms with Gasteiger partial charge < -0.3 is 15.1 Å². The van der Waals surface area contributed by atoms with Crippen molar-refractivity contribution in [3.8, 4) is 0 Å². The highest BCUT2D eigenvalue weighted by Crippen LogP contribution is 2.12. The number of nitrogens with zero attached hydrogens (tertiary/aromatic N) is 3.